The van der Waals surface area contributed by atoms with E-state index in [9.17, 15) is 4.79 Å². The molecule has 1 unspecified atom stereocenters. The van der Waals surface area contributed by atoms with Crippen molar-refractivity contribution in [3.05, 3.63) is 52.7 Å². The number of amides is 1. The van der Waals surface area contributed by atoms with E-state index in [2.05, 4.69) is 11.4 Å². The highest BCUT2D eigenvalue weighted by molar-refractivity contribution is 7.09. The van der Waals surface area contributed by atoms with Gasteiger partial charge in [0.2, 0.25) is 5.91 Å². The van der Waals surface area contributed by atoms with Gasteiger partial charge >= 0.3 is 0 Å². The summed E-state index contributed by atoms with van der Waals surface area (Å²) in [5.41, 5.74) is 0.717. The maximum absolute atomic E-state index is 11.9. The molecule has 0 aliphatic carbocycles. The Morgan fingerprint density at radius 2 is 2.06 bits per heavy atom. The number of benzene rings is 1. The predicted molar refractivity (Wildman–Crippen MR) is 72.2 cm³/mol. The summed E-state index contributed by atoms with van der Waals surface area (Å²) in [5, 5.41) is 13.8. The third-order valence-electron chi connectivity index (χ3n) is 2.50. The SMILES string of the molecule is N#CC(Cc1cccs1)C(=O)Nc1ccccc1. The fourth-order valence-corrected chi connectivity index (χ4v) is 2.33. The summed E-state index contributed by atoms with van der Waals surface area (Å²) in [6, 6.07) is 15.1. The number of thiophene rings is 1. The molecule has 0 aliphatic rings. The molecule has 4 heteroatoms. The molecule has 1 amide bonds. The lowest BCUT2D eigenvalue weighted by Gasteiger charge is -2.09. The van der Waals surface area contributed by atoms with Gasteiger partial charge in [0.15, 0.2) is 0 Å². The molecule has 0 bridgehead atoms. The zero-order valence-electron chi connectivity index (χ0n) is 9.67. The average molecular weight is 256 g/mol. The van der Waals surface area contributed by atoms with Gasteiger partial charge in [0.25, 0.3) is 0 Å². The molecule has 0 spiro atoms. The van der Waals surface area contributed by atoms with E-state index in [4.69, 9.17) is 5.26 Å². The third-order valence-corrected chi connectivity index (χ3v) is 3.40. The minimum atomic E-state index is -0.649. The number of rotatable bonds is 4. The molecule has 1 N–H and O–H groups in total. The van der Waals surface area contributed by atoms with Crippen LogP contribution in [0.3, 0.4) is 0 Å². The molecule has 0 radical (unpaired) electrons. The summed E-state index contributed by atoms with van der Waals surface area (Å²) < 4.78 is 0. The first-order valence-electron chi connectivity index (χ1n) is 5.57. The lowest BCUT2D eigenvalue weighted by Crippen LogP contribution is -2.23. The van der Waals surface area contributed by atoms with Crippen LogP contribution < -0.4 is 5.32 Å². The van der Waals surface area contributed by atoms with E-state index in [-0.39, 0.29) is 5.91 Å². The molecule has 0 saturated heterocycles. The smallest absolute Gasteiger partial charge is 0.242 e. The van der Waals surface area contributed by atoms with Gasteiger partial charge in [-0.25, -0.2) is 0 Å². The minimum absolute atomic E-state index is 0.253. The fraction of sp³-hybridized carbons (Fsp3) is 0.143. The molecule has 1 atom stereocenters. The number of nitrogens with one attached hydrogen (secondary N) is 1. The zero-order chi connectivity index (χ0) is 12.8. The second-order valence-corrected chi connectivity index (χ2v) is 4.85. The van der Waals surface area contributed by atoms with Crippen LogP contribution in [0, 0.1) is 17.2 Å². The Morgan fingerprint density at radius 3 is 2.67 bits per heavy atom. The normalized spacial score (nSPS) is 11.5. The summed E-state index contributed by atoms with van der Waals surface area (Å²) in [6.45, 7) is 0. The van der Waals surface area contributed by atoms with Crippen molar-refractivity contribution in [2.45, 2.75) is 6.42 Å². The second-order valence-electron chi connectivity index (χ2n) is 3.82. The molecule has 90 valence electrons. The van der Waals surface area contributed by atoms with Crippen LogP contribution in [-0.2, 0) is 11.2 Å². The van der Waals surface area contributed by atoms with Crippen molar-refractivity contribution < 1.29 is 4.79 Å². The van der Waals surface area contributed by atoms with E-state index in [0.29, 0.717) is 12.1 Å². The number of nitrogens with zero attached hydrogens (tertiary/aromatic N) is 1. The third kappa shape index (κ3) is 3.19. The van der Waals surface area contributed by atoms with E-state index in [1.54, 1.807) is 23.5 Å². The van der Waals surface area contributed by atoms with Crippen molar-refractivity contribution in [1.29, 1.82) is 5.26 Å². The summed E-state index contributed by atoms with van der Waals surface area (Å²) in [4.78, 5) is 13.0. The van der Waals surface area contributed by atoms with Gasteiger partial charge in [-0.2, -0.15) is 5.26 Å². The molecule has 2 aromatic rings. The fourth-order valence-electron chi connectivity index (χ4n) is 1.58. The van der Waals surface area contributed by atoms with Gasteiger partial charge in [0, 0.05) is 17.0 Å². The van der Waals surface area contributed by atoms with Crippen LogP contribution in [0.2, 0.25) is 0 Å². The highest BCUT2D eigenvalue weighted by Gasteiger charge is 2.18. The molecule has 1 aromatic heterocycles. The van der Waals surface area contributed by atoms with E-state index in [1.807, 2.05) is 35.7 Å². The first kappa shape index (κ1) is 12.3. The van der Waals surface area contributed by atoms with Crippen LogP contribution in [0.25, 0.3) is 0 Å². The van der Waals surface area contributed by atoms with Crippen molar-refractivity contribution >= 4 is 22.9 Å². The zero-order valence-corrected chi connectivity index (χ0v) is 10.5. The first-order chi connectivity index (χ1) is 8.79. The molecule has 0 fully saturated rings. The van der Waals surface area contributed by atoms with Gasteiger partial charge in [0.1, 0.15) is 5.92 Å². The Morgan fingerprint density at radius 1 is 1.28 bits per heavy atom. The van der Waals surface area contributed by atoms with Crippen LogP contribution >= 0.6 is 11.3 Å². The van der Waals surface area contributed by atoms with Crippen molar-refractivity contribution in [3.63, 3.8) is 0 Å². The monoisotopic (exact) mass is 256 g/mol. The van der Waals surface area contributed by atoms with E-state index in [1.165, 1.54) is 0 Å². The summed E-state index contributed by atoms with van der Waals surface area (Å²) >= 11 is 1.56. The van der Waals surface area contributed by atoms with Crippen LogP contribution in [0.4, 0.5) is 5.69 Å². The molecule has 18 heavy (non-hydrogen) atoms. The molecular weight excluding hydrogens is 244 g/mol. The predicted octanol–water partition coefficient (Wildman–Crippen LogP) is 3.07. The van der Waals surface area contributed by atoms with E-state index >= 15 is 0 Å². The molecule has 1 aromatic carbocycles. The van der Waals surface area contributed by atoms with Gasteiger partial charge in [0.05, 0.1) is 6.07 Å². The Hall–Kier alpha value is -2.12. The largest absolute Gasteiger partial charge is 0.325 e. The van der Waals surface area contributed by atoms with Crippen molar-refractivity contribution in [2.75, 3.05) is 5.32 Å². The minimum Gasteiger partial charge on any atom is -0.325 e. The van der Waals surface area contributed by atoms with Gasteiger partial charge in [-0.05, 0) is 23.6 Å². The highest BCUT2D eigenvalue weighted by atomic mass is 32.1. The maximum Gasteiger partial charge on any atom is 0.242 e. The van der Waals surface area contributed by atoms with Crippen LogP contribution in [0.1, 0.15) is 4.88 Å². The number of hydrogen-bond acceptors (Lipinski definition) is 3. The van der Waals surface area contributed by atoms with E-state index in [0.717, 1.165) is 4.88 Å². The number of anilines is 1. The van der Waals surface area contributed by atoms with Crippen LogP contribution in [0.5, 0.6) is 0 Å². The summed E-state index contributed by atoms with van der Waals surface area (Å²) in [6.07, 6.45) is 0.465. The number of nitriles is 1. The molecule has 1 heterocycles. The van der Waals surface area contributed by atoms with Gasteiger partial charge in [-0.3, -0.25) is 4.79 Å². The number of hydrogen-bond donors (Lipinski definition) is 1. The average Bonchev–Trinajstić information content (AvgIpc) is 2.90. The van der Waals surface area contributed by atoms with Gasteiger partial charge in [-0.1, -0.05) is 24.3 Å². The Bertz CT molecular complexity index is 543. The molecule has 3 nitrogen and oxygen atoms in total. The topological polar surface area (TPSA) is 52.9 Å². The standard InChI is InChI=1S/C14H12N2OS/c15-10-11(9-13-7-4-8-18-13)14(17)16-12-5-2-1-3-6-12/h1-8,11H,9H2,(H,16,17). The number of carbonyl (C=O) groups is 1. The van der Waals surface area contributed by atoms with Crippen molar-refractivity contribution in [2.24, 2.45) is 5.92 Å². The van der Waals surface area contributed by atoms with Crippen molar-refractivity contribution in [3.8, 4) is 6.07 Å². The molecule has 0 saturated carbocycles. The summed E-state index contributed by atoms with van der Waals surface area (Å²) in [5.74, 6) is -0.902. The van der Waals surface area contributed by atoms with Gasteiger partial charge in [-0.15, -0.1) is 11.3 Å². The lowest BCUT2D eigenvalue weighted by atomic mass is 10.1. The first-order valence-corrected chi connectivity index (χ1v) is 6.45. The molecule has 0 aliphatic heterocycles. The van der Waals surface area contributed by atoms with Crippen LogP contribution in [-0.4, -0.2) is 5.91 Å². The quantitative estimate of drug-likeness (QED) is 0.914. The Labute approximate surface area is 110 Å². The Balaban J connectivity index is 2.00. The van der Waals surface area contributed by atoms with E-state index < -0.39 is 5.92 Å². The van der Waals surface area contributed by atoms with Crippen LogP contribution in [0.15, 0.2) is 47.8 Å². The second kappa shape index (κ2) is 5.99. The molecule has 2 rings (SSSR count). The lowest BCUT2D eigenvalue weighted by molar-refractivity contribution is -0.118. The number of para-hydroxylation sites is 1. The van der Waals surface area contributed by atoms with Crippen molar-refractivity contribution in [1.82, 2.24) is 0 Å². The Kier molecular flexibility index (Phi) is 4.11. The maximum atomic E-state index is 11.9. The summed E-state index contributed by atoms with van der Waals surface area (Å²) in [7, 11) is 0. The highest BCUT2D eigenvalue weighted by Crippen LogP contribution is 2.16. The number of carbonyl (C=O) groups excluding carboxylic acids is 1. The molecular formula is C14H12N2OS. The van der Waals surface area contributed by atoms with Gasteiger partial charge < -0.3 is 5.32 Å².